The van der Waals surface area contributed by atoms with Crippen LogP contribution in [0.2, 0.25) is 0 Å². The fourth-order valence-corrected chi connectivity index (χ4v) is 6.04. The lowest BCUT2D eigenvalue weighted by Crippen LogP contribution is -2.61. The van der Waals surface area contributed by atoms with E-state index < -0.39 is 71.0 Å². The second-order valence-corrected chi connectivity index (χ2v) is 15.1. The topological polar surface area (TPSA) is 194 Å². The predicted molar refractivity (Wildman–Crippen MR) is 197 cm³/mol. The first-order valence-corrected chi connectivity index (χ1v) is 17.5. The Hall–Kier alpha value is -4.85. The highest BCUT2D eigenvalue weighted by molar-refractivity contribution is 6.12. The molecule has 14 heteroatoms. The summed E-state index contributed by atoms with van der Waals surface area (Å²) in [4.78, 5) is 91.8. The van der Waals surface area contributed by atoms with E-state index in [2.05, 4.69) is 21.3 Å². The van der Waals surface area contributed by atoms with Crippen molar-refractivity contribution in [3.63, 3.8) is 0 Å². The Morgan fingerprint density at radius 2 is 1.48 bits per heavy atom. The predicted octanol–water partition coefficient (Wildman–Crippen LogP) is 1.90. The molecule has 4 atom stereocenters. The zero-order valence-corrected chi connectivity index (χ0v) is 32.0. The van der Waals surface area contributed by atoms with Gasteiger partial charge in [0.2, 0.25) is 23.6 Å². The van der Waals surface area contributed by atoms with E-state index in [0.29, 0.717) is 0 Å². The van der Waals surface area contributed by atoms with Gasteiger partial charge in [0.05, 0.1) is 12.1 Å². The van der Waals surface area contributed by atoms with Crippen LogP contribution in [0.3, 0.4) is 0 Å². The Kier molecular flexibility index (Phi) is 15.5. The number of carbonyl (C=O) groups excluding carboxylic acids is 6. The Morgan fingerprint density at radius 3 is 1.98 bits per heavy atom. The molecule has 1 aromatic carbocycles. The van der Waals surface area contributed by atoms with Crippen LogP contribution in [0.1, 0.15) is 73.8 Å². The van der Waals surface area contributed by atoms with E-state index in [0.717, 1.165) is 22.6 Å². The van der Waals surface area contributed by atoms with E-state index in [9.17, 15) is 38.7 Å². The van der Waals surface area contributed by atoms with Crippen LogP contribution in [0.25, 0.3) is 0 Å². The van der Waals surface area contributed by atoms with Gasteiger partial charge in [-0.05, 0) is 37.3 Å². The zero-order chi connectivity index (χ0) is 39.6. The molecule has 0 radical (unpaired) electrons. The van der Waals surface area contributed by atoms with Gasteiger partial charge in [-0.3, -0.25) is 38.5 Å². The maximum atomic E-state index is 14.2. The van der Waals surface area contributed by atoms with Crippen LogP contribution < -0.4 is 21.3 Å². The van der Waals surface area contributed by atoms with E-state index in [1.54, 1.807) is 20.2 Å². The number of nitrogens with one attached hydrogen (secondary N) is 4. The van der Waals surface area contributed by atoms with Gasteiger partial charge >= 0.3 is 5.97 Å². The molecule has 0 saturated heterocycles. The lowest BCUT2D eigenvalue weighted by atomic mass is 9.76. The highest BCUT2D eigenvalue weighted by Gasteiger charge is 2.41. The Morgan fingerprint density at radius 1 is 0.904 bits per heavy atom. The van der Waals surface area contributed by atoms with Gasteiger partial charge in [0, 0.05) is 49.7 Å². The molecular formula is C38H56N6O8. The summed E-state index contributed by atoms with van der Waals surface area (Å²) in [6.07, 6.45) is 3.24. The van der Waals surface area contributed by atoms with E-state index in [1.165, 1.54) is 11.8 Å². The van der Waals surface area contributed by atoms with E-state index in [1.807, 2.05) is 78.8 Å². The summed E-state index contributed by atoms with van der Waals surface area (Å²) in [6, 6.07) is 6.21. The number of benzene rings is 1. The quantitative estimate of drug-likeness (QED) is 0.111. The second kappa shape index (κ2) is 18.6. The van der Waals surface area contributed by atoms with Gasteiger partial charge in [-0.1, -0.05) is 84.9 Å². The van der Waals surface area contributed by atoms with Gasteiger partial charge in [-0.2, -0.15) is 0 Å². The Balaban J connectivity index is 2.25. The maximum absolute atomic E-state index is 14.2. The number of carbonyl (C=O) groups is 7. The van der Waals surface area contributed by atoms with Gasteiger partial charge < -0.3 is 31.3 Å². The minimum absolute atomic E-state index is 0.0955. The van der Waals surface area contributed by atoms with Crippen molar-refractivity contribution in [1.29, 1.82) is 0 Å². The van der Waals surface area contributed by atoms with Crippen LogP contribution >= 0.6 is 0 Å². The number of hydrogen-bond acceptors (Lipinski definition) is 8. The molecule has 6 amide bonds. The number of carboxylic acid groups (broad SMARTS) is 1. The monoisotopic (exact) mass is 724 g/mol. The molecule has 1 aliphatic rings. The average Bonchev–Trinajstić information content (AvgIpc) is 3.39. The van der Waals surface area contributed by atoms with Crippen molar-refractivity contribution in [2.24, 2.45) is 11.3 Å². The molecule has 2 rings (SSSR count). The first-order chi connectivity index (χ1) is 24.1. The van der Waals surface area contributed by atoms with Crippen molar-refractivity contribution in [2.45, 2.75) is 97.8 Å². The summed E-state index contributed by atoms with van der Waals surface area (Å²) < 4.78 is 0. The molecule has 286 valence electrons. The molecule has 14 nitrogen and oxygen atoms in total. The largest absolute Gasteiger partial charge is 0.481 e. The maximum Gasteiger partial charge on any atom is 0.303 e. The van der Waals surface area contributed by atoms with Crippen molar-refractivity contribution >= 4 is 41.4 Å². The summed E-state index contributed by atoms with van der Waals surface area (Å²) in [5.74, 6) is -4.39. The molecule has 1 aromatic rings. The molecule has 0 spiro atoms. The number of likely N-dealkylation sites (N-methyl/N-ethyl adjacent to an activating group) is 2. The summed E-state index contributed by atoms with van der Waals surface area (Å²) in [5, 5.41) is 20.5. The van der Waals surface area contributed by atoms with Crippen LogP contribution in [0.5, 0.6) is 0 Å². The van der Waals surface area contributed by atoms with Crippen molar-refractivity contribution in [3.05, 3.63) is 59.7 Å². The number of rotatable bonds is 18. The lowest BCUT2D eigenvalue weighted by Gasteiger charge is -2.40. The number of hydrogen-bond donors (Lipinski definition) is 5. The first kappa shape index (κ1) is 43.3. The van der Waals surface area contributed by atoms with Crippen LogP contribution in [0, 0.1) is 11.3 Å². The molecule has 0 aromatic heterocycles. The SMILES string of the molecule is CN[C@H](C(=O)N[C@H](C(=O)N(C)[C@H](/C=C(\C)C(=O)N[C@H](CCC(=O)O)C(=O)NCCN1C(=O)C=CC1=O)C(C)C)C(C)(C)C)C(C)(C)c1ccccc1. The standard InChI is InChI=1S/C38H56N6O8/c1-23(2)27(22-24(3)33(49)41-26(16-19-30(47)48)34(50)40-20-21-44-28(45)17-18-29(44)46)43(10)36(52)32(37(4,5)6)42-35(51)31(39-9)38(7,8)25-14-12-11-13-15-25/h11-15,17-18,22-23,26-27,31-32,39H,16,19-21H2,1-10H3,(H,40,50)(H,41,49)(H,42,51)(H,47,48)/b24-22+/t26-,27-,31-,32-/m1/s1. The molecule has 5 N–H and O–H groups in total. The summed E-state index contributed by atoms with van der Waals surface area (Å²) in [7, 11) is 3.31. The van der Waals surface area contributed by atoms with Gasteiger partial charge in [0.25, 0.3) is 11.8 Å². The highest BCUT2D eigenvalue weighted by atomic mass is 16.4. The third-order valence-corrected chi connectivity index (χ3v) is 9.25. The molecule has 1 aliphatic heterocycles. The van der Waals surface area contributed by atoms with Gasteiger partial charge in [0.1, 0.15) is 12.1 Å². The number of amides is 6. The Bertz CT molecular complexity index is 1530. The molecular weight excluding hydrogens is 668 g/mol. The number of carboxylic acids is 1. The minimum Gasteiger partial charge on any atom is -0.481 e. The normalized spacial score (nSPS) is 15.9. The van der Waals surface area contributed by atoms with Crippen LogP contribution in [-0.4, -0.2) is 108 Å². The lowest BCUT2D eigenvalue weighted by molar-refractivity contribution is -0.141. The van der Waals surface area contributed by atoms with Crippen molar-refractivity contribution < 1.29 is 38.7 Å². The Labute approximate surface area is 306 Å². The minimum atomic E-state index is -1.23. The zero-order valence-electron chi connectivity index (χ0n) is 32.0. The second-order valence-electron chi connectivity index (χ2n) is 15.1. The first-order valence-electron chi connectivity index (χ1n) is 17.5. The number of imide groups is 1. The number of nitrogens with zero attached hydrogens (tertiary/aromatic N) is 2. The van der Waals surface area contributed by atoms with Crippen molar-refractivity contribution in [1.82, 2.24) is 31.1 Å². The van der Waals surface area contributed by atoms with Crippen molar-refractivity contribution in [3.8, 4) is 0 Å². The summed E-state index contributed by atoms with van der Waals surface area (Å²) in [6.45, 7) is 14.6. The van der Waals surface area contributed by atoms with E-state index in [4.69, 9.17) is 0 Å². The summed E-state index contributed by atoms with van der Waals surface area (Å²) >= 11 is 0. The van der Waals surface area contributed by atoms with Crippen LogP contribution in [0.15, 0.2) is 54.1 Å². The molecule has 52 heavy (non-hydrogen) atoms. The van der Waals surface area contributed by atoms with Gasteiger partial charge in [0.15, 0.2) is 0 Å². The van der Waals surface area contributed by atoms with Crippen molar-refractivity contribution in [2.75, 3.05) is 27.2 Å². The summed E-state index contributed by atoms with van der Waals surface area (Å²) in [5.41, 5.74) is -0.172. The van der Waals surface area contributed by atoms with Gasteiger partial charge in [-0.25, -0.2) is 0 Å². The van der Waals surface area contributed by atoms with Crippen LogP contribution in [-0.2, 0) is 39.0 Å². The third-order valence-electron chi connectivity index (χ3n) is 9.25. The average molecular weight is 725 g/mol. The van der Waals surface area contributed by atoms with E-state index >= 15 is 0 Å². The molecule has 0 fully saturated rings. The molecule has 0 saturated carbocycles. The van der Waals surface area contributed by atoms with Crippen LogP contribution in [0.4, 0.5) is 0 Å². The fraction of sp³-hybridized carbons (Fsp3) is 0.553. The molecule has 0 bridgehead atoms. The smallest absolute Gasteiger partial charge is 0.303 e. The highest BCUT2D eigenvalue weighted by Crippen LogP contribution is 2.29. The molecule has 1 heterocycles. The molecule has 0 aliphatic carbocycles. The fourth-order valence-electron chi connectivity index (χ4n) is 6.04. The van der Waals surface area contributed by atoms with E-state index in [-0.39, 0.29) is 42.8 Å². The third kappa shape index (κ3) is 11.6. The number of aliphatic carboxylic acids is 1. The van der Waals surface area contributed by atoms with Gasteiger partial charge in [-0.15, -0.1) is 0 Å². The molecule has 0 unspecified atom stereocenters.